The van der Waals surface area contributed by atoms with E-state index in [1.165, 1.54) is 12.1 Å². The van der Waals surface area contributed by atoms with E-state index in [-0.39, 0.29) is 10.8 Å². The van der Waals surface area contributed by atoms with E-state index in [1.54, 1.807) is 58.9 Å². The number of nitrogen functional groups attached to an aromatic ring is 1. The van der Waals surface area contributed by atoms with Gasteiger partial charge in [-0.15, -0.1) is 0 Å². The minimum Gasteiger partial charge on any atom is -0.459 e. The van der Waals surface area contributed by atoms with Crippen LogP contribution in [0.1, 0.15) is 34.6 Å². The molecule has 1 unspecified atom stereocenters. The van der Waals surface area contributed by atoms with Gasteiger partial charge in [0.25, 0.3) is 0 Å². The molecule has 29 heavy (non-hydrogen) atoms. The zero-order valence-electron chi connectivity index (χ0n) is 17.1. The Bertz CT molecular complexity index is 1170. The van der Waals surface area contributed by atoms with Crippen molar-refractivity contribution in [2.45, 2.75) is 51.2 Å². The number of furan rings is 1. The maximum absolute atomic E-state index is 13.0. The fourth-order valence-corrected chi connectivity index (χ4v) is 4.36. The molecule has 0 bridgehead atoms. The number of benzene rings is 2. The highest BCUT2D eigenvalue weighted by molar-refractivity contribution is 7.89. The molecule has 0 radical (unpaired) electrons. The monoisotopic (exact) mass is 418 g/mol. The number of hydrogen-bond donors (Lipinski definition) is 2. The van der Waals surface area contributed by atoms with Gasteiger partial charge in [0, 0.05) is 22.5 Å². The Kier molecular flexibility index (Phi) is 5.36. The molecule has 0 saturated heterocycles. The predicted octanol–water partition coefficient (Wildman–Crippen LogP) is 3.81. The molecule has 0 spiro atoms. The Morgan fingerprint density at radius 1 is 1.07 bits per heavy atom. The summed E-state index contributed by atoms with van der Waals surface area (Å²) in [4.78, 5) is 12.6. The quantitative estimate of drug-likeness (QED) is 0.481. The molecule has 0 aliphatic carbocycles. The van der Waals surface area contributed by atoms with E-state index in [1.807, 2.05) is 0 Å². The molecule has 0 fully saturated rings. The van der Waals surface area contributed by atoms with Gasteiger partial charge in [0.05, 0.1) is 4.90 Å². The third-order valence-corrected chi connectivity index (χ3v) is 5.83. The number of fused-ring (bicyclic) bond motifs is 3. The fourth-order valence-electron chi connectivity index (χ4n) is 3.00. The van der Waals surface area contributed by atoms with E-state index in [0.29, 0.717) is 22.2 Å². The molecule has 1 heterocycles. The lowest BCUT2D eigenvalue weighted by molar-refractivity contribution is -0.158. The van der Waals surface area contributed by atoms with Crippen LogP contribution in [0.15, 0.2) is 45.7 Å². The minimum atomic E-state index is -3.97. The molecule has 0 aliphatic heterocycles. The number of carbonyl (C=O) groups is 1. The van der Waals surface area contributed by atoms with Gasteiger partial charge < -0.3 is 14.9 Å². The molecular formula is C21H26N2O5S. The van der Waals surface area contributed by atoms with Gasteiger partial charge in [0.15, 0.2) is 0 Å². The number of ether oxygens (including phenoxy) is 1. The van der Waals surface area contributed by atoms with Crippen molar-refractivity contribution in [2.24, 2.45) is 5.92 Å². The maximum atomic E-state index is 13.0. The van der Waals surface area contributed by atoms with Crippen LogP contribution in [0.5, 0.6) is 0 Å². The van der Waals surface area contributed by atoms with Crippen LogP contribution >= 0.6 is 0 Å². The van der Waals surface area contributed by atoms with E-state index in [9.17, 15) is 13.2 Å². The molecular weight excluding hydrogens is 392 g/mol. The van der Waals surface area contributed by atoms with Crippen molar-refractivity contribution in [3.8, 4) is 0 Å². The number of rotatable bonds is 5. The van der Waals surface area contributed by atoms with E-state index in [0.717, 1.165) is 5.39 Å². The zero-order chi connectivity index (χ0) is 21.6. The molecule has 156 valence electrons. The first kappa shape index (κ1) is 21.1. The van der Waals surface area contributed by atoms with Crippen molar-refractivity contribution in [1.82, 2.24) is 4.72 Å². The van der Waals surface area contributed by atoms with Crippen LogP contribution in [0.4, 0.5) is 5.69 Å². The molecule has 7 nitrogen and oxygen atoms in total. The molecule has 1 atom stereocenters. The zero-order valence-corrected chi connectivity index (χ0v) is 18.0. The van der Waals surface area contributed by atoms with Gasteiger partial charge in [0.2, 0.25) is 10.0 Å². The van der Waals surface area contributed by atoms with E-state index < -0.39 is 27.6 Å². The summed E-state index contributed by atoms with van der Waals surface area (Å²) in [5, 5.41) is 1.42. The molecule has 8 heteroatoms. The van der Waals surface area contributed by atoms with Crippen molar-refractivity contribution < 1.29 is 22.4 Å². The number of esters is 1. The highest BCUT2D eigenvalue weighted by atomic mass is 32.2. The Morgan fingerprint density at radius 2 is 1.76 bits per heavy atom. The average molecular weight is 419 g/mol. The topological polar surface area (TPSA) is 112 Å². The Hall–Kier alpha value is -2.58. The summed E-state index contributed by atoms with van der Waals surface area (Å²) in [6.07, 6.45) is 0. The predicted molar refractivity (Wildman–Crippen MR) is 113 cm³/mol. The molecule has 0 amide bonds. The molecule has 3 aromatic rings. The highest BCUT2D eigenvalue weighted by Gasteiger charge is 2.32. The standard InChI is InChI=1S/C21H26N2O5S/c1-12(2)19(20(24)28-21(3,4)5)23-29(25,26)14-7-9-17-16(11-14)15-8-6-13(22)10-18(15)27-17/h6-12,19,23H,22H2,1-5H3. The smallest absolute Gasteiger partial charge is 0.324 e. The Morgan fingerprint density at radius 3 is 2.38 bits per heavy atom. The van der Waals surface area contributed by atoms with Crippen LogP contribution < -0.4 is 10.5 Å². The van der Waals surface area contributed by atoms with Gasteiger partial charge in [-0.2, -0.15) is 4.72 Å². The molecule has 0 saturated carbocycles. The average Bonchev–Trinajstić information content (AvgIpc) is 2.94. The summed E-state index contributed by atoms with van der Waals surface area (Å²) in [5.74, 6) is -0.900. The van der Waals surface area contributed by atoms with Crippen molar-refractivity contribution in [2.75, 3.05) is 5.73 Å². The van der Waals surface area contributed by atoms with Crippen LogP contribution in [-0.4, -0.2) is 26.0 Å². The largest absolute Gasteiger partial charge is 0.459 e. The Balaban J connectivity index is 1.98. The lowest BCUT2D eigenvalue weighted by atomic mass is 10.1. The molecule has 2 aromatic carbocycles. The number of hydrogen-bond acceptors (Lipinski definition) is 6. The minimum absolute atomic E-state index is 0.0405. The van der Waals surface area contributed by atoms with Crippen molar-refractivity contribution in [3.05, 3.63) is 36.4 Å². The van der Waals surface area contributed by atoms with Crippen LogP contribution in [0, 0.1) is 5.92 Å². The second kappa shape index (κ2) is 7.35. The first-order valence-electron chi connectivity index (χ1n) is 9.34. The van der Waals surface area contributed by atoms with Crippen LogP contribution in [0.25, 0.3) is 21.9 Å². The second-order valence-electron chi connectivity index (χ2n) is 8.39. The van der Waals surface area contributed by atoms with Crippen molar-refractivity contribution >= 4 is 43.6 Å². The highest BCUT2D eigenvalue weighted by Crippen LogP contribution is 2.31. The van der Waals surface area contributed by atoms with Crippen LogP contribution in [-0.2, 0) is 19.6 Å². The normalized spacial score (nSPS) is 13.9. The first-order valence-corrected chi connectivity index (χ1v) is 10.8. The summed E-state index contributed by atoms with van der Waals surface area (Å²) in [7, 11) is -3.97. The third-order valence-electron chi connectivity index (χ3n) is 4.39. The van der Waals surface area contributed by atoms with Gasteiger partial charge in [-0.1, -0.05) is 13.8 Å². The van der Waals surface area contributed by atoms with Crippen molar-refractivity contribution in [1.29, 1.82) is 0 Å². The van der Waals surface area contributed by atoms with Crippen molar-refractivity contribution in [3.63, 3.8) is 0 Å². The summed E-state index contributed by atoms with van der Waals surface area (Å²) in [6.45, 7) is 8.73. The van der Waals surface area contributed by atoms with Crippen LogP contribution in [0.3, 0.4) is 0 Å². The summed E-state index contributed by atoms with van der Waals surface area (Å²) in [5.41, 5.74) is 6.77. The van der Waals surface area contributed by atoms with Gasteiger partial charge in [-0.25, -0.2) is 8.42 Å². The summed E-state index contributed by atoms with van der Waals surface area (Å²) >= 11 is 0. The first-order chi connectivity index (χ1) is 13.4. The maximum Gasteiger partial charge on any atom is 0.324 e. The van der Waals surface area contributed by atoms with Gasteiger partial charge in [-0.3, -0.25) is 4.79 Å². The number of nitrogens with one attached hydrogen (secondary N) is 1. The molecule has 0 aliphatic rings. The van der Waals surface area contributed by atoms with Crippen LogP contribution in [0.2, 0.25) is 0 Å². The van der Waals surface area contributed by atoms with Gasteiger partial charge in [0.1, 0.15) is 22.8 Å². The molecule has 1 aromatic heterocycles. The molecule has 3 rings (SSSR count). The SMILES string of the molecule is CC(C)C(NS(=O)(=O)c1ccc2oc3cc(N)ccc3c2c1)C(=O)OC(C)(C)C. The summed E-state index contributed by atoms with van der Waals surface area (Å²) < 4.78 is 39.6. The lowest BCUT2D eigenvalue weighted by Crippen LogP contribution is -2.47. The number of carbonyl (C=O) groups excluding carboxylic acids is 1. The number of nitrogens with two attached hydrogens (primary N) is 1. The van der Waals surface area contributed by atoms with Gasteiger partial charge >= 0.3 is 5.97 Å². The Labute approximate surface area is 170 Å². The number of sulfonamides is 1. The van der Waals surface area contributed by atoms with Gasteiger partial charge in [-0.05, 0) is 57.0 Å². The molecule has 3 N–H and O–H groups in total. The fraction of sp³-hybridized carbons (Fsp3) is 0.381. The van der Waals surface area contributed by atoms with E-state index >= 15 is 0 Å². The second-order valence-corrected chi connectivity index (χ2v) is 10.1. The van der Waals surface area contributed by atoms with E-state index in [2.05, 4.69) is 4.72 Å². The summed E-state index contributed by atoms with van der Waals surface area (Å²) in [6, 6.07) is 8.79. The number of anilines is 1. The third kappa shape index (κ3) is 4.54. The van der Waals surface area contributed by atoms with E-state index in [4.69, 9.17) is 14.9 Å². The lowest BCUT2D eigenvalue weighted by Gasteiger charge is -2.26.